The predicted octanol–water partition coefficient (Wildman–Crippen LogP) is 6.20. The average Bonchev–Trinajstić information content (AvgIpc) is 4.00. The van der Waals surface area contributed by atoms with Crippen LogP contribution in [0.1, 0.15) is 76.1 Å². The van der Waals surface area contributed by atoms with Crippen molar-refractivity contribution in [2.24, 2.45) is 5.92 Å². The van der Waals surface area contributed by atoms with Crippen LogP contribution < -0.4 is 10.6 Å². The molecule has 3 fully saturated rings. The molecule has 0 saturated carbocycles. The van der Waals surface area contributed by atoms with Crippen LogP contribution in [0.2, 0.25) is 0 Å². The van der Waals surface area contributed by atoms with Crippen LogP contribution in [-0.4, -0.2) is 93.3 Å². The van der Waals surface area contributed by atoms with Crippen LogP contribution in [0.4, 0.5) is 9.59 Å². The highest BCUT2D eigenvalue weighted by Gasteiger charge is 2.41. The van der Waals surface area contributed by atoms with E-state index in [0.29, 0.717) is 12.6 Å². The molecule has 3 saturated heterocycles. The van der Waals surface area contributed by atoms with Crippen LogP contribution in [0.3, 0.4) is 0 Å². The number of ether oxygens (including phenoxy) is 2. The molecule has 3 aliphatic heterocycles. The number of benzene rings is 2. The number of fused-ring (bicyclic) bond motifs is 1. The first-order valence-corrected chi connectivity index (χ1v) is 18.3. The summed E-state index contributed by atoms with van der Waals surface area (Å²) in [5.74, 6) is 1.50. The number of amides is 3. The monoisotopic (exact) mass is 708 g/mol. The quantitative estimate of drug-likeness (QED) is 0.160. The Morgan fingerprint density at radius 3 is 1.88 bits per heavy atom. The first-order valence-electron chi connectivity index (χ1n) is 18.3. The summed E-state index contributed by atoms with van der Waals surface area (Å²) >= 11 is 0. The van der Waals surface area contributed by atoms with Crippen molar-refractivity contribution < 1.29 is 23.9 Å². The lowest BCUT2D eigenvalue weighted by atomic mass is 9.99. The lowest BCUT2D eigenvalue weighted by molar-refractivity contribution is -0.135. The molecule has 4 aromatic rings. The van der Waals surface area contributed by atoms with Crippen molar-refractivity contribution in [2.75, 3.05) is 27.3 Å². The Hall–Kier alpha value is -5.17. The number of aromatic amines is 2. The fourth-order valence-corrected chi connectivity index (χ4v) is 8.08. The molecule has 274 valence electrons. The number of nitrogens with one attached hydrogen (secondary N) is 4. The highest BCUT2D eigenvalue weighted by molar-refractivity contribution is 5.86. The maximum Gasteiger partial charge on any atom is 0.407 e. The second kappa shape index (κ2) is 15.2. The molecule has 2 aromatic carbocycles. The Morgan fingerprint density at radius 1 is 0.750 bits per heavy atom. The fraction of sp³-hybridized carbons (Fsp3) is 0.462. The molecule has 0 unspecified atom stereocenters. The third-order valence-corrected chi connectivity index (χ3v) is 10.9. The number of likely N-dealkylation sites (tertiary alicyclic amines) is 1. The van der Waals surface area contributed by atoms with Crippen molar-refractivity contribution in [3.05, 3.63) is 72.6 Å². The van der Waals surface area contributed by atoms with E-state index in [-0.39, 0.29) is 36.0 Å². The number of carbonyl (C=O) groups excluding carboxylic acids is 3. The number of methoxy groups -OCH3 is 2. The fourth-order valence-electron chi connectivity index (χ4n) is 8.08. The summed E-state index contributed by atoms with van der Waals surface area (Å²) in [5.41, 5.74) is 6.15. The van der Waals surface area contributed by atoms with Crippen molar-refractivity contribution in [3.63, 3.8) is 0 Å². The van der Waals surface area contributed by atoms with E-state index in [9.17, 15) is 14.4 Å². The summed E-state index contributed by atoms with van der Waals surface area (Å²) in [5, 5.41) is 5.68. The smallest absolute Gasteiger partial charge is 0.407 e. The van der Waals surface area contributed by atoms with E-state index in [1.807, 2.05) is 31.1 Å². The number of rotatable bonds is 9. The zero-order chi connectivity index (χ0) is 36.4. The molecule has 0 radical (unpaired) electrons. The van der Waals surface area contributed by atoms with Gasteiger partial charge in [0.1, 0.15) is 17.7 Å². The number of piperidine rings is 1. The van der Waals surface area contributed by atoms with Crippen LogP contribution in [0.5, 0.6) is 0 Å². The van der Waals surface area contributed by atoms with Crippen LogP contribution in [0.15, 0.2) is 60.9 Å². The number of hydrogen-bond donors (Lipinski definition) is 4. The maximum absolute atomic E-state index is 13.5. The van der Waals surface area contributed by atoms with E-state index in [1.54, 1.807) is 0 Å². The lowest BCUT2D eigenvalue weighted by Gasteiger charge is -2.37. The van der Waals surface area contributed by atoms with Crippen molar-refractivity contribution in [3.8, 4) is 33.6 Å². The summed E-state index contributed by atoms with van der Waals surface area (Å²) in [4.78, 5) is 58.1. The minimum Gasteiger partial charge on any atom is -0.453 e. The minimum absolute atomic E-state index is 0.0827. The maximum atomic E-state index is 13.5. The number of hydrogen-bond acceptors (Lipinski definition) is 8. The van der Waals surface area contributed by atoms with Crippen LogP contribution in [0.25, 0.3) is 33.6 Å². The van der Waals surface area contributed by atoms with Gasteiger partial charge < -0.3 is 35.0 Å². The van der Waals surface area contributed by atoms with Gasteiger partial charge in [0.05, 0.1) is 50.1 Å². The highest BCUT2D eigenvalue weighted by atomic mass is 16.5. The van der Waals surface area contributed by atoms with Crippen molar-refractivity contribution >= 4 is 18.1 Å². The van der Waals surface area contributed by atoms with Gasteiger partial charge in [-0.15, -0.1) is 0 Å². The predicted molar refractivity (Wildman–Crippen MR) is 196 cm³/mol. The van der Waals surface area contributed by atoms with Crippen molar-refractivity contribution in [1.82, 2.24) is 40.4 Å². The first kappa shape index (κ1) is 35.2. The molecular weight excluding hydrogens is 660 g/mol. The molecule has 0 bridgehead atoms. The zero-order valence-electron chi connectivity index (χ0n) is 30.2. The van der Waals surface area contributed by atoms with Gasteiger partial charge in [0.15, 0.2) is 0 Å². The molecule has 4 N–H and O–H groups in total. The van der Waals surface area contributed by atoms with Crippen LogP contribution in [-0.2, 0) is 14.3 Å². The van der Waals surface area contributed by atoms with E-state index in [2.05, 4.69) is 79.0 Å². The number of carbonyl (C=O) groups is 3. The highest BCUT2D eigenvalue weighted by Crippen LogP contribution is 2.40. The normalized spacial score (nSPS) is 22.2. The molecule has 0 aliphatic carbocycles. The van der Waals surface area contributed by atoms with Gasteiger partial charge >= 0.3 is 12.2 Å². The van der Waals surface area contributed by atoms with Gasteiger partial charge in [-0.05, 0) is 66.7 Å². The van der Waals surface area contributed by atoms with E-state index in [4.69, 9.17) is 14.5 Å². The van der Waals surface area contributed by atoms with Gasteiger partial charge in [0, 0.05) is 25.2 Å². The lowest BCUT2D eigenvalue weighted by Crippen LogP contribution is -2.51. The topological polar surface area (TPSA) is 158 Å². The second-order valence-corrected chi connectivity index (χ2v) is 14.4. The largest absolute Gasteiger partial charge is 0.453 e. The summed E-state index contributed by atoms with van der Waals surface area (Å²) in [6.45, 7) is 5.22. The first-order chi connectivity index (χ1) is 25.2. The van der Waals surface area contributed by atoms with Crippen LogP contribution in [0, 0.1) is 5.92 Å². The van der Waals surface area contributed by atoms with Gasteiger partial charge in [-0.3, -0.25) is 9.69 Å². The number of alkyl carbamates (subject to hydrolysis) is 2. The molecule has 13 heteroatoms. The molecule has 3 amide bonds. The number of H-pyrrole nitrogens is 2. The zero-order valence-corrected chi connectivity index (χ0v) is 30.2. The number of imidazole rings is 2. The Kier molecular flexibility index (Phi) is 10.3. The second-order valence-electron chi connectivity index (χ2n) is 14.4. The molecule has 7 rings (SSSR count). The van der Waals surface area contributed by atoms with Gasteiger partial charge in [-0.1, -0.05) is 62.4 Å². The van der Waals surface area contributed by atoms with Crippen molar-refractivity contribution in [2.45, 2.75) is 82.6 Å². The Bertz CT molecular complexity index is 1870. The Morgan fingerprint density at radius 2 is 1.31 bits per heavy atom. The summed E-state index contributed by atoms with van der Waals surface area (Å²) in [7, 11) is 2.70. The summed E-state index contributed by atoms with van der Waals surface area (Å²) in [6.07, 6.45) is 8.62. The van der Waals surface area contributed by atoms with Crippen molar-refractivity contribution in [1.29, 1.82) is 0 Å². The third kappa shape index (κ3) is 7.27. The molecule has 0 spiro atoms. The number of nitrogens with zero attached hydrogens (tertiary/aromatic N) is 4. The Balaban J connectivity index is 0.991. The van der Waals surface area contributed by atoms with E-state index >= 15 is 0 Å². The Labute approximate surface area is 303 Å². The van der Waals surface area contributed by atoms with E-state index in [1.165, 1.54) is 14.2 Å². The minimum atomic E-state index is -0.673. The molecular formula is C39H48N8O5. The molecule has 5 heterocycles. The molecule has 13 nitrogen and oxygen atoms in total. The molecule has 2 aromatic heterocycles. The van der Waals surface area contributed by atoms with Gasteiger partial charge in [-0.25, -0.2) is 19.6 Å². The molecule has 3 aliphatic rings. The standard InChI is InChI=1S/C39H48N8O5/c1-23(2)34(45-39(50)52-4)37(48)46-19-5-6-32(46)35-40-20-30(43-35)26-11-7-24(8-12-26)25-9-13-27(14-10-25)31-21-41-36(44-31)33-18-17-29-16-15-28(22-47(29)33)42-38(49)51-3/h7-14,20-21,23,28-29,32-34H,5-6,15-19,22H2,1-4H3,(H,40,43)(H,41,44)(H,42,49)(H,45,50)/t28-,29-,32-,33-,34-/m0/s1. The van der Waals surface area contributed by atoms with E-state index < -0.39 is 12.1 Å². The van der Waals surface area contributed by atoms with Gasteiger partial charge in [-0.2, -0.15) is 0 Å². The average molecular weight is 709 g/mol. The number of aromatic nitrogens is 4. The van der Waals surface area contributed by atoms with Gasteiger partial charge in [0.2, 0.25) is 5.91 Å². The molecule has 52 heavy (non-hydrogen) atoms. The molecule has 5 atom stereocenters. The van der Waals surface area contributed by atoms with Crippen LogP contribution >= 0.6 is 0 Å². The summed E-state index contributed by atoms with van der Waals surface area (Å²) < 4.78 is 9.58. The van der Waals surface area contributed by atoms with Gasteiger partial charge in [0.25, 0.3) is 0 Å². The SMILES string of the molecule is COC(=O)N[C@H]1CC[C@H]2CC[C@@H](c3ncc(-c4ccc(-c5ccc(-c6cnc([C@@H]7CCCN7C(=O)[C@@H](NC(=O)OC)C(C)C)[nH]6)cc5)cc4)[nH]3)N2C1. The third-order valence-electron chi connectivity index (χ3n) is 10.9. The van der Waals surface area contributed by atoms with E-state index in [0.717, 1.165) is 90.4 Å². The summed E-state index contributed by atoms with van der Waals surface area (Å²) in [6, 6.07) is 16.8.